The maximum absolute atomic E-state index is 11.8. The molecule has 9 heteroatoms. The summed E-state index contributed by atoms with van der Waals surface area (Å²) in [5.74, 6) is 0. The second kappa shape index (κ2) is 7.18. The molecule has 1 saturated heterocycles. The number of hydrogen-bond donors (Lipinski definition) is 0. The number of thiazole rings is 2. The molecule has 0 unspecified atom stereocenters. The molecule has 6 nitrogen and oxygen atoms in total. The number of hydrogen-bond acceptors (Lipinski definition) is 8. The molecule has 0 radical (unpaired) electrons. The number of nitrogens with zero attached hydrogens (tertiary/aromatic N) is 4. The van der Waals surface area contributed by atoms with E-state index in [0.29, 0.717) is 4.90 Å². The van der Waals surface area contributed by atoms with Gasteiger partial charge in [-0.15, -0.1) is 0 Å². The number of sulfone groups is 1. The molecular formula is C21H22N4O2S3. The zero-order valence-electron chi connectivity index (χ0n) is 17.0. The van der Waals surface area contributed by atoms with Crippen LogP contribution < -0.4 is 9.80 Å². The maximum Gasteiger partial charge on any atom is 0.186 e. The van der Waals surface area contributed by atoms with Crippen LogP contribution in [0, 0.1) is 13.8 Å². The van der Waals surface area contributed by atoms with Gasteiger partial charge in [0.2, 0.25) is 0 Å². The van der Waals surface area contributed by atoms with Crippen LogP contribution in [-0.4, -0.2) is 50.8 Å². The van der Waals surface area contributed by atoms with Gasteiger partial charge in [0, 0.05) is 32.4 Å². The van der Waals surface area contributed by atoms with Gasteiger partial charge in [0.15, 0.2) is 20.1 Å². The molecule has 5 rings (SSSR count). The van der Waals surface area contributed by atoms with Crippen molar-refractivity contribution >= 4 is 63.2 Å². The van der Waals surface area contributed by atoms with Crippen LogP contribution in [0.5, 0.6) is 0 Å². The van der Waals surface area contributed by atoms with E-state index in [1.165, 1.54) is 22.1 Å². The third kappa shape index (κ3) is 3.55. The molecular weight excluding hydrogens is 436 g/mol. The third-order valence-electron chi connectivity index (χ3n) is 5.42. The van der Waals surface area contributed by atoms with E-state index < -0.39 is 9.84 Å². The zero-order chi connectivity index (χ0) is 21.0. The summed E-state index contributed by atoms with van der Waals surface area (Å²) in [7, 11) is -3.21. The maximum atomic E-state index is 11.8. The molecule has 0 N–H and O–H groups in total. The Bertz CT molecular complexity index is 1370. The van der Waals surface area contributed by atoms with Crippen LogP contribution in [0.2, 0.25) is 0 Å². The summed E-state index contributed by atoms with van der Waals surface area (Å²) in [5.41, 5.74) is 4.46. The molecule has 2 aromatic heterocycles. The van der Waals surface area contributed by atoms with E-state index in [0.717, 1.165) is 52.2 Å². The first-order valence-electron chi connectivity index (χ1n) is 9.76. The Morgan fingerprint density at radius 2 is 1.50 bits per heavy atom. The molecule has 4 aromatic rings. The average molecular weight is 459 g/mol. The largest absolute Gasteiger partial charge is 0.345 e. The van der Waals surface area contributed by atoms with Crippen molar-refractivity contribution in [3.8, 4) is 0 Å². The van der Waals surface area contributed by atoms with E-state index >= 15 is 0 Å². The van der Waals surface area contributed by atoms with Gasteiger partial charge < -0.3 is 9.80 Å². The Balaban J connectivity index is 1.35. The molecule has 30 heavy (non-hydrogen) atoms. The van der Waals surface area contributed by atoms with E-state index in [1.54, 1.807) is 40.9 Å². The highest BCUT2D eigenvalue weighted by molar-refractivity contribution is 7.90. The van der Waals surface area contributed by atoms with E-state index in [9.17, 15) is 8.42 Å². The summed E-state index contributed by atoms with van der Waals surface area (Å²) in [4.78, 5) is 14.6. The quantitative estimate of drug-likeness (QED) is 0.457. The van der Waals surface area contributed by atoms with Crippen molar-refractivity contribution in [1.82, 2.24) is 9.97 Å². The highest BCUT2D eigenvalue weighted by atomic mass is 32.2. The van der Waals surface area contributed by atoms with E-state index in [2.05, 4.69) is 35.8 Å². The van der Waals surface area contributed by atoms with Gasteiger partial charge >= 0.3 is 0 Å². The van der Waals surface area contributed by atoms with E-state index in [-0.39, 0.29) is 0 Å². The number of piperazine rings is 1. The highest BCUT2D eigenvalue weighted by Gasteiger charge is 2.23. The summed E-state index contributed by atoms with van der Waals surface area (Å²) in [6.07, 6.45) is 1.24. The molecule has 156 valence electrons. The zero-order valence-corrected chi connectivity index (χ0v) is 19.5. The number of aromatic nitrogens is 2. The van der Waals surface area contributed by atoms with Crippen molar-refractivity contribution < 1.29 is 8.42 Å². The van der Waals surface area contributed by atoms with Crippen molar-refractivity contribution in [2.75, 3.05) is 42.2 Å². The van der Waals surface area contributed by atoms with Crippen molar-refractivity contribution in [3.05, 3.63) is 41.5 Å². The van der Waals surface area contributed by atoms with Crippen LogP contribution >= 0.6 is 22.7 Å². The molecule has 1 aliphatic heterocycles. The summed E-state index contributed by atoms with van der Waals surface area (Å²) in [5, 5.41) is 2.03. The Kier molecular flexibility index (Phi) is 4.72. The second-order valence-electron chi connectivity index (χ2n) is 7.80. The third-order valence-corrected chi connectivity index (χ3v) is 8.67. The van der Waals surface area contributed by atoms with Crippen molar-refractivity contribution in [2.24, 2.45) is 0 Å². The summed E-state index contributed by atoms with van der Waals surface area (Å²) < 4.78 is 25.8. The van der Waals surface area contributed by atoms with E-state index in [4.69, 9.17) is 9.97 Å². The van der Waals surface area contributed by atoms with Gasteiger partial charge in [-0.1, -0.05) is 28.7 Å². The fourth-order valence-electron chi connectivity index (χ4n) is 3.84. The second-order valence-corrected chi connectivity index (χ2v) is 11.8. The number of fused-ring (bicyclic) bond motifs is 2. The van der Waals surface area contributed by atoms with Crippen LogP contribution in [0.3, 0.4) is 0 Å². The van der Waals surface area contributed by atoms with Gasteiger partial charge in [-0.25, -0.2) is 18.4 Å². The van der Waals surface area contributed by atoms with Gasteiger partial charge in [-0.2, -0.15) is 0 Å². The molecule has 2 aromatic carbocycles. The van der Waals surface area contributed by atoms with Gasteiger partial charge in [-0.05, 0) is 49.2 Å². The molecule has 3 heterocycles. The SMILES string of the molecule is Cc1cc(C)c2nc(N3CCN(c4nc5ccc(S(C)(=O)=O)cc5s4)CC3)sc2c1. The van der Waals surface area contributed by atoms with Crippen LogP contribution in [0.25, 0.3) is 20.4 Å². The minimum atomic E-state index is -3.21. The van der Waals surface area contributed by atoms with Crippen LogP contribution in [0.4, 0.5) is 10.3 Å². The minimum absolute atomic E-state index is 0.344. The Hall–Kier alpha value is -2.23. The first-order chi connectivity index (χ1) is 14.3. The minimum Gasteiger partial charge on any atom is -0.345 e. The van der Waals surface area contributed by atoms with Crippen molar-refractivity contribution in [3.63, 3.8) is 0 Å². The first-order valence-corrected chi connectivity index (χ1v) is 13.3. The van der Waals surface area contributed by atoms with Crippen molar-refractivity contribution in [1.29, 1.82) is 0 Å². The van der Waals surface area contributed by atoms with Crippen LogP contribution in [0.1, 0.15) is 11.1 Å². The highest BCUT2D eigenvalue weighted by Crippen LogP contribution is 2.34. The van der Waals surface area contributed by atoms with Gasteiger partial charge in [-0.3, -0.25) is 0 Å². The molecule has 0 aliphatic carbocycles. The lowest BCUT2D eigenvalue weighted by atomic mass is 10.1. The average Bonchev–Trinajstić information content (AvgIpc) is 3.31. The predicted molar refractivity (Wildman–Crippen MR) is 126 cm³/mol. The van der Waals surface area contributed by atoms with Gasteiger partial charge in [0.25, 0.3) is 0 Å². The molecule has 1 aliphatic rings. The summed E-state index contributed by atoms with van der Waals surface area (Å²) >= 11 is 3.32. The topological polar surface area (TPSA) is 66.4 Å². The monoisotopic (exact) mass is 458 g/mol. The lowest BCUT2D eigenvalue weighted by Crippen LogP contribution is -2.46. The Morgan fingerprint density at radius 1 is 0.867 bits per heavy atom. The smallest absolute Gasteiger partial charge is 0.186 e. The standard InChI is InChI=1S/C21H22N4O2S3/c1-13-10-14(2)19-18(11-13)29-21(23-19)25-8-6-24(7-9-25)20-22-16-5-4-15(30(3,26)27)12-17(16)28-20/h4-5,10-12H,6-9H2,1-3H3. The van der Waals surface area contributed by atoms with Crippen LogP contribution in [-0.2, 0) is 9.84 Å². The number of anilines is 2. The normalized spacial score (nSPS) is 15.4. The lowest BCUT2D eigenvalue weighted by molar-refractivity contribution is 0.602. The first kappa shape index (κ1) is 19.7. The fourth-order valence-corrected chi connectivity index (χ4v) is 6.81. The Labute approximate surface area is 183 Å². The lowest BCUT2D eigenvalue weighted by Gasteiger charge is -2.34. The molecule has 1 fully saturated rings. The molecule has 0 atom stereocenters. The molecule has 0 bridgehead atoms. The van der Waals surface area contributed by atoms with Gasteiger partial charge in [0.1, 0.15) is 0 Å². The summed E-state index contributed by atoms with van der Waals surface area (Å²) in [6.45, 7) is 7.77. The molecule has 0 saturated carbocycles. The van der Waals surface area contributed by atoms with Crippen molar-refractivity contribution in [2.45, 2.75) is 18.7 Å². The number of aryl methyl sites for hydroxylation is 2. The molecule has 0 spiro atoms. The number of benzene rings is 2. The summed E-state index contributed by atoms with van der Waals surface area (Å²) in [6, 6.07) is 9.56. The van der Waals surface area contributed by atoms with E-state index in [1.807, 2.05) is 0 Å². The number of rotatable bonds is 3. The fraction of sp³-hybridized carbons (Fsp3) is 0.333. The van der Waals surface area contributed by atoms with Gasteiger partial charge in [0.05, 0.1) is 25.3 Å². The Morgan fingerprint density at radius 3 is 2.17 bits per heavy atom. The van der Waals surface area contributed by atoms with Crippen LogP contribution in [0.15, 0.2) is 35.2 Å². The predicted octanol–water partition coefficient (Wildman–Crippen LogP) is 4.25. The molecule has 0 amide bonds.